The van der Waals surface area contributed by atoms with E-state index in [1.807, 2.05) is 0 Å². The van der Waals surface area contributed by atoms with Gasteiger partial charge in [-0.15, -0.1) is 23.7 Å². The van der Waals surface area contributed by atoms with Crippen LogP contribution in [0.3, 0.4) is 0 Å². The van der Waals surface area contributed by atoms with Crippen molar-refractivity contribution in [3.8, 4) is 12.3 Å². The van der Waals surface area contributed by atoms with Crippen molar-refractivity contribution in [2.45, 2.75) is 19.4 Å². The third-order valence-electron chi connectivity index (χ3n) is 2.01. The van der Waals surface area contributed by atoms with Crippen LogP contribution in [0.2, 0.25) is 0 Å². The topological polar surface area (TPSA) is 91.3 Å². The summed E-state index contributed by atoms with van der Waals surface area (Å²) in [4.78, 5) is 26.0. The van der Waals surface area contributed by atoms with Crippen LogP contribution >= 0.6 is 11.3 Å². The van der Waals surface area contributed by atoms with Gasteiger partial charge in [-0.25, -0.2) is 14.6 Å². The van der Waals surface area contributed by atoms with Crippen molar-refractivity contribution in [3.63, 3.8) is 0 Å². The number of terminal acetylenes is 1. The van der Waals surface area contributed by atoms with Gasteiger partial charge < -0.3 is 15.7 Å². The van der Waals surface area contributed by atoms with Crippen molar-refractivity contribution < 1.29 is 14.7 Å². The number of amides is 2. The Morgan fingerprint density at radius 1 is 1.67 bits per heavy atom. The maximum absolute atomic E-state index is 11.4. The van der Waals surface area contributed by atoms with Crippen molar-refractivity contribution in [2.75, 3.05) is 6.54 Å². The van der Waals surface area contributed by atoms with Crippen molar-refractivity contribution in [2.24, 2.45) is 0 Å². The Labute approximate surface area is 108 Å². The number of aromatic carboxylic acids is 1. The van der Waals surface area contributed by atoms with Gasteiger partial charge in [-0.05, 0) is 6.92 Å². The number of hydrogen-bond acceptors (Lipinski definition) is 4. The molecule has 0 aromatic carbocycles. The minimum Gasteiger partial charge on any atom is -0.476 e. The number of hydrogen-bond donors (Lipinski definition) is 3. The number of carbonyl (C=O) groups excluding carboxylic acids is 1. The fourth-order valence-electron chi connectivity index (χ4n) is 1.14. The second-order valence-corrected chi connectivity index (χ2v) is 4.34. The summed E-state index contributed by atoms with van der Waals surface area (Å²) in [7, 11) is 0. The molecular formula is C11H13N3O3S. The van der Waals surface area contributed by atoms with Crippen molar-refractivity contribution in [1.29, 1.82) is 0 Å². The highest BCUT2D eigenvalue weighted by Crippen LogP contribution is 2.17. The summed E-state index contributed by atoms with van der Waals surface area (Å²) in [6, 6.07) is -0.709. The molecule has 1 aromatic rings. The van der Waals surface area contributed by atoms with E-state index in [1.165, 1.54) is 16.7 Å². The van der Waals surface area contributed by atoms with Crippen LogP contribution in [0.1, 0.15) is 34.9 Å². The van der Waals surface area contributed by atoms with Gasteiger partial charge in [0.1, 0.15) is 5.01 Å². The molecule has 0 bridgehead atoms. The lowest BCUT2D eigenvalue weighted by molar-refractivity contribution is 0.0691. The van der Waals surface area contributed by atoms with Gasteiger partial charge in [0.15, 0.2) is 5.69 Å². The molecule has 0 spiro atoms. The van der Waals surface area contributed by atoms with Gasteiger partial charge in [0.05, 0.1) is 6.04 Å². The summed E-state index contributed by atoms with van der Waals surface area (Å²) < 4.78 is 0. The molecular weight excluding hydrogens is 254 g/mol. The lowest BCUT2D eigenvalue weighted by atomic mass is 10.3. The van der Waals surface area contributed by atoms with E-state index in [9.17, 15) is 9.59 Å². The van der Waals surface area contributed by atoms with Gasteiger partial charge in [-0.1, -0.05) is 0 Å². The zero-order chi connectivity index (χ0) is 13.5. The first-order valence-electron chi connectivity index (χ1n) is 5.21. The highest BCUT2D eigenvalue weighted by molar-refractivity contribution is 7.09. The maximum atomic E-state index is 11.4. The molecule has 1 unspecified atom stereocenters. The first-order chi connectivity index (χ1) is 8.54. The van der Waals surface area contributed by atoms with Crippen molar-refractivity contribution in [1.82, 2.24) is 15.6 Å². The number of carbonyl (C=O) groups is 2. The molecule has 6 nitrogen and oxygen atoms in total. The average molecular weight is 267 g/mol. The van der Waals surface area contributed by atoms with Crippen LogP contribution < -0.4 is 10.6 Å². The van der Waals surface area contributed by atoms with E-state index in [1.54, 1.807) is 6.92 Å². The quantitative estimate of drug-likeness (QED) is 0.552. The van der Waals surface area contributed by atoms with Gasteiger partial charge in [0.2, 0.25) is 0 Å². The normalized spacial score (nSPS) is 11.3. The predicted octanol–water partition coefficient (Wildman–Crippen LogP) is 1.22. The number of nitrogens with zero attached hydrogens (tertiary/aromatic N) is 1. The smallest absolute Gasteiger partial charge is 0.355 e. The van der Waals surface area contributed by atoms with E-state index in [2.05, 4.69) is 21.5 Å². The molecule has 0 saturated heterocycles. The molecule has 2 amide bonds. The summed E-state index contributed by atoms with van der Waals surface area (Å²) in [5, 5.41) is 15.9. The van der Waals surface area contributed by atoms with Gasteiger partial charge in [-0.2, -0.15) is 0 Å². The average Bonchev–Trinajstić information content (AvgIpc) is 2.78. The molecule has 1 atom stereocenters. The van der Waals surface area contributed by atoms with E-state index < -0.39 is 5.97 Å². The van der Waals surface area contributed by atoms with E-state index in [0.717, 1.165) is 0 Å². The van der Waals surface area contributed by atoms with Crippen molar-refractivity contribution in [3.05, 3.63) is 16.1 Å². The SMILES string of the molecule is C#CCCNC(=O)NC(C)c1nc(C(=O)O)cs1. The Morgan fingerprint density at radius 3 is 2.94 bits per heavy atom. The summed E-state index contributed by atoms with van der Waals surface area (Å²) in [5.41, 5.74) is -0.0172. The standard InChI is InChI=1S/C11H13N3O3S/c1-3-4-5-12-11(17)13-7(2)9-14-8(6-18-9)10(15)16/h1,6-7H,4-5H2,2H3,(H,15,16)(H2,12,13,17). The van der Waals surface area contributed by atoms with E-state index in [-0.39, 0.29) is 17.8 Å². The van der Waals surface area contributed by atoms with Crippen LogP contribution in [-0.4, -0.2) is 28.6 Å². The van der Waals surface area contributed by atoms with E-state index in [0.29, 0.717) is 18.0 Å². The molecule has 1 heterocycles. The molecule has 0 saturated carbocycles. The first kappa shape index (κ1) is 14.0. The monoisotopic (exact) mass is 267 g/mol. The minimum atomic E-state index is -1.08. The van der Waals surface area contributed by atoms with Crippen LogP contribution in [0.4, 0.5) is 4.79 Å². The molecule has 0 fully saturated rings. The molecule has 3 N–H and O–H groups in total. The highest BCUT2D eigenvalue weighted by atomic mass is 32.1. The van der Waals surface area contributed by atoms with Crippen LogP contribution in [0.5, 0.6) is 0 Å². The van der Waals surface area contributed by atoms with E-state index in [4.69, 9.17) is 11.5 Å². The number of rotatable bonds is 5. The Hall–Kier alpha value is -2.07. The van der Waals surface area contributed by atoms with Gasteiger partial charge in [-0.3, -0.25) is 0 Å². The fourth-order valence-corrected chi connectivity index (χ4v) is 1.94. The number of carboxylic acids is 1. The van der Waals surface area contributed by atoms with Crippen LogP contribution in [0, 0.1) is 12.3 Å². The van der Waals surface area contributed by atoms with Gasteiger partial charge >= 0.3 is 12.0 Å². The lowest BCUT2D eigenvalue weighted by Gasteiger charge is -2.11. The molecule has 0 aliphatic heterocycles. The number of urea groups is 1. The van der Waals surface area contributed by atoms with E-state index >= 15 is 0 Å². The Balaban J connectivity index is 2.49. The second kappa shape index (κ2) is 6.61. The Bertz CT molecular complexity index is 478. The highest BCUT2D eigenvalue weighted by Gasteiger charge is 2.15. The van der Waals surface area contributed by atoms with Crippen LogP contribution in [0.15, 0.2) is 5.38 Å². The predicted molar refractivity (Wildman–Crippen MR) is 67.5 cm³/mol. The second-order valence-electron chi connectivity index (χ2n) is 3.45. The number of nitrogens with one attached hydrogen (secondary N) is 2. The molecule has 0 aliphatic carbocycles. The first-order valence-corrected chi connectivity index (χ1v) is 6.09. The minimum absolute atomic E-state index is 0.0172. The largest absolute Gasteiger partial charge is 0.476 e. The Kier molecular flexibility index (Phi) is 5.14. The molecule has 1 aromatic heterocycles. The zero-order valence-corrected chi connectivity index (χ0v) is 10.6. The van der Waals surface area contributed by atoms with Crippen LogP contribution in [-0.2, 0) is 0 Å². The number of carboxylic acid groups (broad SMARTS) is 1. The molecule has 0 aliphatic rings. The molecule has 18 heavy (non-hydrogen) atoms. The summed E-state index contributed by atoms with van der Waals surface area (Å²) in [6.45, 7) is 2.12. The summed E-state index contributed by atoms with van der Waals surface area (Å²) >= 11 is 1.19. The number of aromatic nitrogens is 1. The lowest BCUT2D eigenvalue weighted by Crippen LogP contribution is -2.37. The van der Waals surface area contributed by atoms with Gasteiger partial charge in [0.25, 0.3) is 0 Å². The van der Waals surface area contributed by atoms with Crippen molar-refractivity contribution >= 4 is 23.3 Å². The van der Waals surface area contributed by atoms with Crippen LogP contribution in [0.25, 0.3) is 0 Å². The molecule has 96 valence electrons. The zero-order valence-electron chi connectivity index (χ0n) is 9.77. The molecule has 7 heteroatoms. The Morgan fingerprint density at radius 2 is 2.39 bits per heavy atom. The summed E-state index contributed by atoms with van der Waals surface area (Å²) in [6.07, 6.45) is 5.51. The number of thiazole rings is 1. The fraction of sp³-hybridized carbons (Fsp3) is 0.364. The molecule has 0 radical (unpaired) electrons. The third kappa shape index (κ3) is 4.07. The third-order valence-corrected chi connectivity index (χ3v) is 3.04. The summed E-state index contributed by atoms with van der Waals surface area (Å²) in [5.74, 6) is 1.33. The molecule has 1 rings (SSSR count). The van der Waals surface area contributed by atoms with Gasteiger partial charge in [0, 0.05) is 18.3 Å². The maximum Gasteiger partial charge on any atom is 0.355 e.